The average Bonchev–Trinajstić information content (AvgIpc) is 2.90. The molecule has 0 radical (unpaired) electrons. The summed E-state index contributed by atoms with van der Waals surface area (Å²) in [6.07, 6.45) is 11.6. The molecule has 0 aromatic heterocycles. The van der Waals surface area contributed by atoms with Gasteiger partial charge in [-0.05, 0) is 103 Å². The van der Waals surface area contributed by atoms with Crippen molar-refractivity contribution in [2.75, 3.05) is 0 Å². The Hall–Kier alpha value is -2.93. The van der Waals surface area contributed by atoms with E-state index in [1.165, 1.54) is 71.1 Å². The molecule has 0 unspecified atom stereocenters. The molecule has 0 bridgehead atoms. The van der Waals surface area contributed by atoms with Gasteiger partial charge in [0.15, 0.2) is 0 Å². The van der Waals surface area contributed by atoms with Crippen LogP contribution in [0.2, 0.25) is 0 Å². The summed E-state index contributed by atoms with van der Waals surface area (Å²) in [7, 11) is 0. The minimum absolute atomic E-state index is 0.968. The molecule has 3 aromatic rings. The summed E-state index contributed by atoms with van der Waals surface area (Å²) in [6, 6.07) is 24.5. The van der Waals surface area contributed by atoms with E-state index in [0.29, 0.717) is 0 Å². The highest BCUT2D eigenvalue weighted by Gasteiger charge is 2.08. The second-order valence-corrected chi connectivity index (χ2v) is 9.52. The van der Waals surface area contributed by atoms with Crippen LogP contribution in [0.5, 0.6) is 0 Å². The lowest BCUT2D eigenvalue weighted by atomic mass is 9.95. The third-order valence-corrected chi connectivity index (χ3v) is 6.87. The molecule has 0 heterocycles. The van der Waals surface area contributed by atoms with Crippen molar-refractivity contribution in [3.8, 4) is 11.1 Å². The van der Waals surface area contributed by atoms with Gasteiger partial charge in [-0.25, -0.2) is 0 Å². The maximum atomic E-state index is 5.09. The highest BCUT2D eigenvalue weighted by Crippen LogP contribution is 2.30. The third kappa shape index (κ3) is 7.52. The maximum absolute atomic E-state index is 5.09. The number of nitrogens with zero attached hydrogens (tertiary/aromatic N) is 1. The predicted octanol–water partition coefficient (Wildman–Crippen LogP) is 10.2. The van der Waals surface area contributed by atoms with Crippen LogP contribution in [0.15, 0.2) is 77.3 Å². The van der Waals surface area contributed by atoms with E-state index in [-0.39, 0.29) is 0 Å². The number of aliphatic imine (C=N–C) groups is 1. The van der Waals surface area contributed by atoms with E-state index in [9.17, 15) is 0 Å². The lowest BCUT2D eigenvalue weighted by Gasteiger charge is -2.12. The number of allylic oxidation sites excluding steroid dienone is 1. The summed E-state index contributed by atoms with van der Waals surface area (Å²) in [6.45, 7) is 11.2. The summed E-state index contributed by atoms with van der Waals surface area (Å²) in [4.78, 5) is 5.09. The quantitative estimate of drug-likeness (QED) is 0.236. The van der Waals surface area contributed by atoms with Crippen molar-refractivity contribution in [2.24, 2.45) is 4.99 Å². The minimum Gasteiger partial charge on any atom is -0.253 e. The van der Waals surface area contributed by atoms with Crippen LogP contribution in [0.4, 0.5) is 5.69 Å². The van der Waals surface area contributed by atoms with Gasteiger partial charge in [0.05, 0.1) is 5.69 Å². The first kappa shape index (κ1) is 26.7. The van der Waals surface area contributed by atoms with E-state index in [2.05, 4.69) is 107 Å². The fourth-order valence-corrected chi connectivity index (χ4v) is 4.72. The van der Waals surface area contributed by atoms with Gasteiger partial charge < -0.3 is 0 Å². The lowest BCUT2D eigenvalue weighted by Crippen LogP contribution is -1.98. The molecule has 1 nitrogen and oxygen atoms in total. The molecule has 1 heteroatoms. The largest absolute Gasteiger partial charge is 0.253 e. The van der Waals surface area contributed by atoms with Gasteiger partial charge in [-0.3, -0.25) is 4.99 Å². The van der Waals surface area contributed by atoms with Crippen LogP contribution in [0.25, 0.3) is 17.2 Å². The molecule has 0 amide bonds. The first-order valence-electron chi connectivity index (χ1n) is 13.7. The first-order valence-corrected chi connectivity index (χ1v) is 13.7. The van der Waals surface area contributed by atoms with Gasteiger partial charge in [-0.2, -0.15) is 0 Å². The Bertz CT molecular complexity index is 1130. The molecule has 0 saturated heterocycles. The number of aryl methyl sites for hydroxylation is 3. The average molecular weight is 466 g/mol. The zero-order valence-corrected chi connectivity index (χ0v) is 22.5. The molecule has 0 aliphatic carbocycles. The summed E-state index contributed by atoms with van der Waals surface area (Å²) < 4.78 is 0. The third-order valence-electron chi connectivity index (χ3n) is 6.87. The van der Waals surface area contributed by atoms with Gasteiger partial charge in [0.25, 0.3) is 0 Å². The standard InChI is InChI=1S/C34H43N/c1-6-10-15-31-21-22-33(25-34(31)30-17-13-12-14-18-30)35-26(5)29(9-4)23-27-19-20-28(8-3)32(24-27)16-11-7-2/h12-14,17-25H,6-11,15-16H2,1-5H3. The summed E-state index contributed by atoms with van der Waals surface area (Å²) >= 11 is 0. The van der Waals surface area contributed by atoms with E-state index in [1.807, 2.05) is 0 Å². The van der Waals surface area contributed by atoms with Gasteiger partial charge in [0.2, 0.25) is 0 Å². The first-order chi connectivity index (χ1) is 17.1. The van der Waals surface area contributed by atoms with Crippen LogP contribution < -0.4 is 0 Å². The summed E-state index contributed by atoms with van der Waals surface area (Å²) in [5.41, 5.74) is 11.7. The highest BCUT2D eigenvalue weighted by molar-refractivity contribution is 6.03. The molecule has 0 aliphatic heterocycles. The smallest absolute Gasteiger partial charge is 0.0639 e. The van der Waals surface area contributed by atoms with E-state index in [0.717, 1.165) is 30.7 Å². The zero-order chi connectivity index (χ0) is 25.0. The Morgan fingerprint density at radius 2 is 1.43 bits per heavy atom. The SMILES string of the molecule is CCCCc1cc(C=C(CC)C(C)=Nc2ccc(CCCC)c(-c3ccccc3)c2)ccc1CC. The molecular formula is C34H43N. The summed E-state index contributed by atoms with van der Waals surface area (Å²) in [5, 5.41) is 0. The van der Waals surface area contributed by atoms with Crippen molar-refractivity contribution in [3.05, 3.63) is 94.6 Å². The fourth-order valence-electron chi connectivity index (χ4n) is 4.72. The van der Waals surface area contributed by atoms with Gasteiger partial charge in [0.1, 0.15) is 0 Å². The van der Waals surface area contributed by atoms with E-state index >= 15 is 0 Å². The molecule has 0 atom stereocenters. The van der Waals surface area contributed by atoms with Crippen LogP contribution >= 0.6 is 0 Å². The highest BCUT2D eigenvalue weighted by atomic mass is 14.7. The van der Waals surface area contributed by atoms with Crippen LogP contribution in [-0.4, -0.2) is 5.71 Å². The lowest BCUT2D eigenvalue weighted by molar-refractivity contribution is 0.787. The van der Waals surface area contributed by atoms with Crippen molar-refractivity contribution >= 4 is 17.5 Å². The minimum atomic E-state index is 0.968. The molecule has 0 saturated carbocycles. The number of hydrogen-bond donors (Lipinski definition) is 0. The Balaban J connectivity index is 1.94. The van der Waals surface area contributed by atoms with Gasteiger partial charge in [0, 0.05) is 5.71 Å². The van der Waals surface area contributed by atoms with E-state index in [4.69, 9.17) is 4.99 Å². The molecular weight excluding hydrogens is 422 g/mol. The molecule has 184 valence electrons. The fraction of sp³-hybridized carbons (Fsp3) is 0.382. The second-order valence-electron chi connectivity index (χ2n) is 9.52. The van der Waals surface area contributed by atoms with Crippen LogP contribution in [-0.2, 0) is 19.3 Å². The molecule has 3 aromatic carbocycles. The van der Waals surface area contributed by atoms with Gasteiger partial charge >= 0.3 is 0 Å². The van der Waals surface area contributed by atoms with Crippen LogP contribution in [0, 0.1) is 0 Å². The Morgan fingerprint density at radius 3 is 2.09 bits per heavy atom. The zero-order valence-electron chi connectivity index (χ0n) is 22.5. The van der Waals surface area contributed by atoms with Gasteiger partial charge in [-0.15, -0.1) is 0 Å². The number of hydrogen-bond acceptors (Lipinski definition) is 1. The maximum Gasteiger partial charge on any atom is 0.0639 e. The molecule has 0 aliphatic rings. The molecule has 0 spiro atoms. The van der Waals surface area contributed by atoms with Crippen molar-refractivity contribution in [1.82, 2.24) is 0 Å². The van der Waals surface area contributed by atoms with Crippen LogP contribution in [0.3, 0.4) is 0 Å². The van der Waals surface area contributed by atoms with Gasteiger partial charge in [-0.1, -0.05) is 95.1 Å². The number of benzene rings is 3. The topological polar surface area (TPSA) is 12.4 Å². The molecule has 35 heavy (non-hydrogen) atoms. The van der Waals surface area contributed by atoms with Crippen LogP contribution in [0.1, 0.15) is 89.0 Å². The Labute approximate surface area is 214 Å². The normalized spacial score (nSPS) is 12.3. The predicted molar refractivity (Wildman–Crippen MR) is 156 cm³/mol. The van der Waals surface area contributed by atoms with E-state index in [1.54, 1.807) is 0 Å². The number of unbranched alkanes of at least 4 members (excludes halogenated alkanes) is 2. The monoisotopic (exact) mass is 465 g/mol. The van der Waals surface area contributed by atoms with Crippen molar-refractivity contribution in [1.29, 1.82) is 0 Å². The molecule has 0 fully saturated rings. The van der Waals surface area contributed by atoms with Crippen molar-refractivity contribution in [3.63, 3.8) is 0 Å². The Kier molecular flexibility index (Phi) is 10.5. The van der Waals surface area contributed by atoms with Crippen molar-refractivity contribution in [2.45, 2.75) is 86.0 Å². The number of rotatable bonds is 12. The summed E-state index contributed by atoms with van der Waals surface area (Å²) in [5.74, 6) is 0. The second kappa shape index (κ2) is 13.8. The Morgan fingerprint density at radius 1 is 0.743 bits per heavy atom. The molecule has 0 N–H and O–H groups in total. The van der Waals surface area contributed by atoms with E-state index < -0.39 is 0 Å². The molecule has 3 rings (SSSR count). The van der Waals surface area contributed by atoms with Crippen molar-refractivity contribution < 1.29 is 0 Å².